The summed E-state index contributed by atoms with van der Waals surface area (Å²) >= 11 is 1.27. The summed E-state index contributed by atoms with van der Waals surface area (Å²) < 4.78 is 16.6. The van der Waals surface area contributed by atoms with Crippen LogP contribution >= 0.6 is 11.3 Å². The molecule has 142 valence electrons. The van der Waals surface area contributed by atoms with Gasteiger partial charge in [0.15, 0.2) is 11.5 Å². The van der Waals surface area contributed by atoms with E-state index >= 15 is 0 Å². The quantitative estimate of drug-likeness (QED) is 0.512. The number of amides is 1. The molecule has 7 heteroatoms. The first-order valence-electron chi connectivity index (χ1n) is 8.50. The van der Waals surface area contributed by atoms with E-state index in [4.69, 9.17) is 13.9 Å². The Morgan fingerprint density at radius 3 is 2.54 bits per heavy atom. The molecule has 0 radical (unpaired) electrons. The Hall–Kier alpha value is -3.32. The van der Waals surface area contributed by atoms with Crippen LogP contribution in [0, 0.1) is 6.92 Å². The molecule has 2 heterocycles. The molecule has 0 aliphatic rings. The molecule has 0 saturated heterocycles. The van der Waals surface area contributed by atoms with E-state index in [1.54, 1.807) is 37.4 Å². The zero-order chi connectivity index (χ0) is 19.8. The van der Waals surface area contributed by atoms with Gasteiger partial charge in [-0.05, 0) is 37.3 Å². The number of aryl methyl sites for hydroxylation is 1. The molecule has 0 aliphatic heterocycles. The molecule has 2 aromatic heterocycles. The van der Waals surface area contributed by atoms with Crippen LogP contribution in [0.25, 0.3) is 21.1 Å². The molecule has 6 nitrogen and oxygen atoms in total. The molecule has 28 heavy (non-hydrogen) atoms. The average molecular weight is 395 g/mol. The van der Waals surface area contributed by atoms with Gasteiger partial charge < -0.3 is 19.2 Å². The highest BCUT2D eigenvalue weighted by molar-refractivity contribution is 7.21. The lowest BCUT2D eigenvalue weighted by atomic mass is 10.1. The summed E-state index contributed by atoms with van der Waals surface area (Å²) in [4.78, 5) is 25.5. The van der Waals surface area contributed by atoms with Crippen molar-refractivity contribution in [3.63, 3.8) is 0 Å². The van der Waals surface area contributed by atoms with E-state index in [9.17, 15) is 9.59 Å². The number of anilines is 1. The predicted molar refractivity (Wildman–Crippen MR) is 110 cm³/mol. The number of benzene rings is 2. The lowest BCUT2D eigenvalue weighted by Crippen LogP contribution is -2.10. The summed E-state index contributed by atoms with van der Waals surface area (Å²) in [5.74, 6) is 0.772. The summed E-state index contributed by atoms with van der Waals surface area (Å²) in [6.45, 7) is 1.97. The number of rotatable bonds is 4. The van der Waals surface area contributed by atoms with Crippen molar-refractivity contribution in [1.29, 1.82) is 0 Å². The van der Waals surface area contributed by atoms with Gasteiger partial charge in [0, 0.05) is 17.1 Å². The SMILES string of the molecule is COc1ccc(NC(=O)c2cc3c(=O)oc4ccc(C)cc4c3s2)cc1OC. The summed E-state index contributed by atoms with van der Waals surface area (Å²) in [7, 11) is 3.08. The molecular formula is C21H17NO5S. The number of methoxy groups -OCH3 is 2. The first kappa shape index (κ1) is 18.1. The van der Waals surface area contributed by atoms with Crippen molar-refractivity contribution < 1.29 is 18.7 Å². The van der Waals surface area contributed by atoms with Crippen molar-refractivity contribution in [2.24, 2.45) is 0 Å². The number of fused-ring (bicyclic) bond motifs is 3. The normalized spacial score (nSPS) is 11.0. The first-order chi connectivity index (χ1) is 13.5. The van der Waals surface area contributed by atoms with E-state index in [-0.39, 0.29) is 5.91 Å². The zero-order valence-corrected chi connectivity index (χ0v) is 16.3. The maximum atomic E-state index is 12.7. The van der Waals surface area contributed by atoms with Crippen LogP contribution in [-0.2, 0) is 0 Å². The van der Waals surface area contributed by atoms with Crippen molar-refractivity contribution in [3.05, 3.63) is 63.3 Å². The molecule has 1 N–H and O–H groups in total. The van der Waals surface area contributed by atoms with E-state index in [1.165, 1.54) is 18.4 Å². The van der Waals surface area contributed by atoms with Gasteiger partial charge in [-0.2, -0.15) is 0 Å². The Balaban J connectivity index is 1.74. The molecular weight excluding hydrogens is 378 g/mol. The predicted octanol–water partition coefficient (Wildman–Crippen LogP) is 4.59. The first-order valence-corrected chi connectivity index (χ1v) is 9.32. The molecule has 0 atom stereocenters. The van der Waals surface area contributed by atoms with Crippen molar-refractivity contribution in [2.45, 2.75) is 6.92 Å². The fourth-order valence-electron chi connectivity index (χ4n) is 3.03. The molecule has 4 aromatic rings. The van der Waals surface area contributed by atoms with Gasteiger partial charge in [-0.1, -0.05) is 11.6 Å². The number of thiophene rings is 1. The smallest absolute Gasteiger partial charge is 0.345 e. The fraction of sp³-hybridized carbons (Fsp3) is 0.143. The fourth-order valence-corrected chi connectivity index (χ4v) is 4.09. The van der Waals surface area contributed by atoms with Crippen LogP contribution in [0.4, 0.5) is 5.69 Å². The molecule has 0 fully saturated rings. The Morgan fingerprint density at radius 2 is 1.79 bits per heavy atom. The summed E-state index contributed by atoms with van der Waals surface area (Å²) in [5.41, 5.74) is 1.67. The largest absolute Gasteiger partial charge is 0.493 e. The second-order valence-corrected chi connectivity index (χ2v) is 7.32. The molecule has 0 bridgehead atoms. The Labute approximate surface area is 164 Å². The molecule has 1 amide bonds. The summed E-state index contributed by atoms with van der Waals surface area (Å²) in [6, 6.07) is 12.3. The number of hydrogen-bond donors (Lipinski definition) is 1. The van der Waals surface area contributed by atoms with Crippen molar-refractivity contribution >= 4 is 44.0 Å². The highest BCUT2D eigenvalue weighted by atomic mass is 32.1. The number of ether oxygens (including phenoxy) is 2. The number of carbonyl (C=O) groups is 1. The monoisotopic (exact) mass is 395 g/mol. The molecule has 0 spiro atoms. The Morgan fingerprint density at radius 1 is 1.00 bits per heavy atom. The van der Waals surface area contributed by atoms with E-state index in [0.717, 1.165) is 15.6 Å². The van der Waals surface area contributed by atoms with E-state index in [2.05, 4.69) is 5.32 Å². The highest BCUT2D eigenvalue weighted by Crippen LogP contribution is 2.33. The van der Waals surface area contributed by atoms with Gasteiger partial charge in [-0.3, -0.25) is 4.79 Å². The van der Waals surface area contributed by atoms with E-state index in [1.807, 2.05) is 19.1 Å². The Bertz CT molecular complexity index is 1270. The van der Waals surface area contributed by atoms with Crippen molar-refractivity contribution in [3.8, 4) is 11.5 Å². The second kappa shape index (κ2) is 7.01. The lowest BCUT2D eigenvalue weighted by molar-refractivity contribution is 0.103. The minimum atomic E-state index is -0.451. The number of hydrogen-bond acceptors (Lipinski definition) is 6. The second-order valence-electron chi connectivity index (χ2n) is 6.27. The minimum absolute atomic E-state index is 0.311. The van der Waals surface area contributed by atoms with Crippen LogP contribution < -0.4 is 20.4 Å². The van der Waals surface area contributed by atoms with Crippen LogP contribution in [0.5, 0.6) is 11.5 Å². The highest BCUT2D eigenvalue weighted by Gasteiger charge is 2.17. The lowest BCUT2D eigenvalue weighted by Gasteiger charge is -2.10. The molecule has 0 saturated carbocycles. The minimum Gasteiger partial charge on any atom is -0.493 e. The van der Waals surface area contributed by atoms with Gasteiger partial charge in [0.2, 0.25) is 0 Å². The third-order valence-corrected chi connectivity index (χ3v) is 5.57. The molecule has 4 rings (SSSR count). The maximum Gasteiger partial charge on any atom is 0.345 e. The van der Waals surface area contributed by atoms with Gasteiger partial charge in [0.1, 0.15) is 5.58 Å². The topological polar surface area (TPSA) is 77.8 Å². The van der Waals surface area contributed by atoms with E-state index < -0.39 is 5.63 Å². The third kappa shape index (κ3) is 3.10. The van der Waals surface area contributed by atoms with Crippen LogP contribution in [-0.4, -0.2) is 20.1 Å². The third-order valence-electron chi connectivity index (χ3n) is 4.40. The van der Waals surface area contributed by atoms with Gasteiger partial charge in [0.25, 0.3) is 5.91 Å². The number of carbonyl (C=O) groups excluding carboxylic acids is 1. The van der Waals surface area contributed by atoms with Crippen molar-refractivity contribution in [2.75, 3.05) is 19.5 Å². The van der Waals surface area contributed by atoms with Crippen LogP contribution in [0.2, 0.25) is 0 Å². The summed E-state index contributed by atoms with van der Waals surface area (Å²) in [6.07, 6.45) is 0. The van der Waals surface area contributed by atoms with Crippen LogP contribution in [0.1, 0.15) is 15.2 Å². The van der Waals surface area contributed by atoms with Gasteiger partial charge in [0.05, 0.1) is 29.2 Å². The van der Waals surface area contributed by atoms with Crippen LogP contribution in [0.3, 0.4) is 0 Å². The Kier molecular flexibility index (Phi) is 4.52. The maximum absolute atomic E-state index is 12.7. The van der Waals surface area contributed by atoms with Gasteiger partial charge in [-0.25, -0.2) is 4.79 Å². The van der Waals surface area contributed by atoms with E-state index in [0.29, 0.717) is 33.0 Å². The van der Waals surface area contributed by atoms with Crippen molar-refractivity contribution in [1.82, 2.24) is 0 Å². The number of nitrogens with one attached hydrogen (secondary N) is 1. The standard InChI is InChI=1S/C21H17NO5S/c1-11-4-6-15-13(8-11)19-14(21(24)27-15)10-18(28-19)20(23)22-12-5-7-16(25-2)17(9-12)26-3/h4-10H,1-3H3,(H,22,23). The average Bonchev–Trinajstić information content (AvgIpc) is 3.15. The summed E-state index contributed by atoms with van der Waals surface area (Å²) in [5, 5.41) is 4.05. The molecule has 2 aromatic carbocycles. The molecule has 0 aliphatic carbocycles. The van der Waals surface area contributed by atoms with Crippen LogP contribution in [0.15, 0.2) is 51.7 Å². The molecule has 0 unspecified atom stereocenters. The zero-order valence-electron chi connectivity index (χ0n) is 15.5. The van der Waals surface area contributed by atoms with Gasteiger partial charge >= 0.3 is 5.63 Å². The van der Waals surface area contributed by atoms with Gasteiger partial charge in [-0.15, -0.1) is 11.3 Å².